The molecule has 0 bridgehead atoms. The highest BCUT2D eigenvalue weighted by molar-refractivity contribution is 9.09. The summed E-state index contributed by atoms with van der Waals surface area (Å²) in [6, 6.07) is 0. The highest BCUT2D eigenvalue weighted by atomic mass is 79.9. The third-order valence-corrected chi connectivity index (χ3v) is 4.73. The molecule has 52 valence electrons. The zero-order chi connectivity index (χ0) is 7.07. The molecule has 1 aliphatic heterocycles. The summed E-state index contributed by atoms with van der Waals surface area (Å²) in [5, 5.41) is 0.967. The highest BCUT2D eigenvalue weighted by Crippen LogP contribution is 2.23. The molecule has 0 amide bonds. The van der Waals surface area contributed by atoms with Crippen molar-refractivity contribution in [3.05, 3.63) is 11.5 Å². The maximum absolute atomic E-state index is 10.9. The number of hydrogen-bond acceptors (Lipinski definition) is 2. The highest BCUT2D eigenvalue weighted by Gasteiger charge is 2.29. The van der Waals surface area contributed by atoms with E-state index in [0.29, 0.717) is 0 Å². The molecule has 2 nitrogen and oxygen atoms in total. The van der Waals surface area contributed by atoms with Crippen LogP contribution in [0.3, 0.4) is 0 Å². The van der Waals surface area contributed by atoms with Gasteiger partial charge >= 0.3 is 0 Å². The van der Waals surface area contributed by atoms with Crippen molar-refractivity contribution >= 4 is 25.8 Å². The molecule has 4 heteroatoms. The van der Waals surface area contributed by atoms with Crippen molar-refractivity contribution in [1.29, 1.82) is 0 Å². The molecule has 1 heterocycles. The van der Waals surface area contributed by atoms with Gasteiger partial charge in [0.1, 0.15) is 0 Å². The van der Waals surface area contributed by atoms with E-state index in [0.717, 1.165) is 0 Å². The van der Waals surface area contributed by atoms with E-state index in [1.54, 1.807) is 13.0 Å². The third kappa shape index (κ3) is 1.19. The summed E-state index contributed by atoms with van der Waals surface area (Å²) >= 11 is 3.21. The first kappa shape index (κ1) is 7.28. The van der Waals surface area contributed by atoms with Crippen LogP contribution in [-0.2, 0) is 9.84 Å². The number of rotatable bonds is 0. The van der Waals surface area contributed by atoms with Gasteiger partial charge in [0.05, 0.1) is 10.1 Å². The van der Waals surface area contributed by atoms with Crippen LogP contribution in [0.25, 0.3) is 0 Å². The summed E-state index contributed by atoms with van der Waals surface area (Å²) in [6.45, 7) is 1.69. The van der Waals surface area contributed by atoms with Crippen LogP contribution in [0.1, 0.15) is 6.92 Å². The molecule has 0 aromatic heterocycles. The van der Waals surface area contributed by atoms with Gasteiger partial charge in [0.15, 0.2) is 9.84 Å². The van der Waals surface area contributed by atoms with E-state index in [2.05, 4.69) is 15.9 Å². The molecule has 0 spiro atoms. The van der Waals surface area contributed by atoms with Crippen molar-refractivity contribution < 1.29 is 8.42 Å². The van der Waals surface area contributed by atoms with E-state index in [1.807, 2.05) is 0 Å². The number of alkyl halides is 1. The molecular weight excluding hydrogens is 204 g/mol. The van der Waals surface area contributed by atoms with Gasteiger partial charge in [0, 0.05) is 5.41 Å². The van der Waals surface area contributed by atoms with Crippen molar-refractivity contribution in [2.24, 2.45) is 0 Å². The second-order valence-electron chi connectivity index (χ2n) is 2.07. The molecule has 0 aliphatic carbocycles. The minimum absolute atomic E-state index is 0.00231. The molecule has 0 saturated carbocycles. The monoisotopic (exact) mass is 210 g/mol. The lowest BCUT2D eigenvalue weighted by molar-refractivity contribution is 0.597. The Balaban J connectivity index is 3.01. The fourth-order valence-corrected chi connectivity index (χ4v) is 2.99. The van der Waals surface area contributed by atoms with Gasteiger partial charge in [-0.25, -0.2) is 8.42 Å². The van der Waals surface area contributed by atoms with Crippen molar-refractivity contribution in [1.82, 2.24) is 0 Å². The number of hydrogen-bond donors (Lipinski definition) is 0. The first-order valence-electron chi connectivity index (χ1n) is 2.60. The second-order valence-corrected chi connectivity index (χ2v) is 5.32. The molecule has 2 atom stereocenters. The van der Waals surface area contributed by atoms with Crippen LogP contribution in [0.5, 0.6) is 0 Å². The van der Waals surface area contributed by atoms with Crippen molar-refractivity contribution in [3.63, 3.8) is 0 Å². The number of sulfone groups is 1. The smallest absolute Gasteiger partial charge is 0.175 e. The number of allylic oxidation sites excluding steroid dienone is 1. The van der Waals surface area contributed by atoms with Crippen LogP contribution >= 0.6 is 15.9 Å². The molecule has 0 fully saturated rings. The maximum Gasteiger partial charge on any atom is 0.175 e. The van der Waals surface area contributed by atoms with Crippen LogP contribution in [-0.4, -0.2) is 18.5 Å². The molecule has 1 aliphatic rings. The fourth-order valence-electron chi connectivity index (χ4n) is 0.646. The second kappa shape index (κ2) is 2.09. The number of halogens is 1. The zero-order valence-electron chi connectivity index (χ0n) is 4.91. The Bertz CT molecular complexity index is 229. The molecule has 0 aromatic rings. The van der Waals surface area contributed by atoms with Crippen molar-refractivity contribution in [3.8, 4) is 0 Å². The molecule has 0 radical (unpaired) electrons. The van der Waals surface area contributed by atoms with Crippen LogP contribution in [0.4, 0.5) is 0 Å². The van der Waals surface area contributed by atoms with E-state index in [9.17, 15) is 8.42 Å². The molecule has 9 heavy (non-hydrogen) atoms. The summed E-state index contributed by atoms with van der Waals surface area (Å²) in [5.41, 5.74) is 0. The van der Waals surface area contributed by atoms with Gasteiger partial charge in [-0.1, -0.05) is 22.0 Å². The van der Waals surface area contributed by atoms with E-state index < -0.39 is 9.84 Å². The largest absolute Gasteiger partial charge is 0.224 e. The Morgan fingerprint density at radius 3 is 2.22 bits per heavy atom. The van der Waals surface area contributed by atoms with Gasteiger partial charge in [0.25, 0.3) is 0 Å². The van der Waals surface area contributed by atoms with Gasteiger partial charge in [0.2, 0.25) is 0 Å². The van der Waals surface area contributed by atoms with E-state index in [1.165, 1.54) is 5.41 Å². The van der Waals surface area contributed by atoms with E-state index in [4.69, 9.17) is 0 Å². The Morgan fingerprint density at radius 2 is 2.11 bits per heavy atom. The molecule has 0 unspecified atom stereocenters. The Labute approximate surface area is 63.0 Å². The first-order valence-corrected chi connectivity index (χ1v) is 5.13. The Kier molecular flexibility index (Phi) is 1.69. The van der Waals surface area contributed by atoms with E-state index in [-0.39, 0.29) is 10.1 Å². The van der Waals surface area contributed by atoms with Gasteiger partial charge in [-0.2, -0.15) is 0 Å². The normalized spacial score (nSPS) is 39.3. The Hall–Kier alpha value is 0.170. The van der Waals surface area contributed by atoms with Crippen molar-refractivity contribution in [2.75, 3.05) is 0 Å². The SMILES string of the molecule is C[C@H]1[C@H](Br)C=CS1(=O)=O. The molecule has 0 aromatic carbocycles. The average molecular weight is 211 g/mol. The summed E-state index contributed by atoms with van der Waals surface area (Å²) in [5.74, 6) is 0. The standard InChI is InChI=1S/C5H7BrO2S/c1-4-5(6)2-3-9(4,7)8/h2-5H,1H3/t4-,5+/m0/s1. The third-order valence-electron chi connectivity index (χ3n) is 1.42. The first-order chi connectivity index (χ1) is 4.04. The minimum atomic E-state index is -2.90. The minimum Gasteiger partial charge on any atom is -0.224 e. The van der Waals surface area contributed by atoms with Crippen molar-refractivity contribution in [2.45, 2.75) is 17.0 Å². The lowest BCUT2D eigenvalue weighted by atomic mass is 10.3. The summed E-state index contributed by atoms with van der Waals surface area (Å²) in [4.78, 5) is 0.00231. The molecule has 1 rings (SSSR count). The van der Waals surface area contributed by atoms with Crippen LogP contribution in [0.15, 0.2) is 11.5 Å². The summed E-state index contributed by atoms with van der Waals surface area (Å²) in [6.07, 6.45) is 1.65. The van der Waals surface area contributed by atoms with Gasteiger partial charge in [-0.05, 0) is 6.92 Å². The van der Waals surface area contributed by atoms with Gasteiger partial charge in [-0.3, -0.25) is 0 Å². The lowest BCUT2D eigenvalue weighted by Gasteiger charge is -2.03. The predicted octanol–water partition coefficient (Wildman–Crippen LogP) is 1.08. The average Bonchev–Trinajstić information content (AvgIpc) is 1.97. The fraction of sp³-hybridized carbons (Fsp3) is 0.600. The maximum atomic E-state index is 10.9. The van der Waals surface area contributed by atoms with E-state index >= 15 is 0 Å². The summed E-state index contributed by atoms with van der Waals surface area (Å²) < 4.78 is 21.7. The molecule has 0 saturated heterocycles. The quantitative estimate of drug-likeness (QED) is 0.562. The van der Waals surface area contributed by atoms with Crippen LogP contribution in [0, 0.1) is 0 Å². The molecular formula is C5H7BrO2S. The predicted molar refractivity (Wildman–Crippen MR) is 40.2 cm³/mol. The van der Waals surface area contributed by atoms with Gasteiger partial charge in [-0.15, -0.1) is 0 Å². The topological polar surface area (TPSA) is 34.1 Å². The zero-order valence-corrected chi connectivity index (χ0v) is 7.31. The summed E-state index contributed by atoms with van der Waals surface area (Å²) in [7, 11) is -2.90. The van der Waals surface area contributed by atoms with Crippen LogP contribution < -0.4 is 0 Å². The molecule has 0 N–H and O–H groups in total. The lowest BCUT2D eigenvalue weighted by Crippen LogP contribution is -2.17. The van der Waals surface area contributed by atoms with Crippen LogP contribution in [0.2, 0.25) is 0 Å². The van der Waals surface area contributed by atoms with Gasteiger partial charge < -0.3 is 0 Å². The Morgan fingerprint density at radius 1 is 1.56 bits per heavy atom.